The maximum atomic E-state index is 11.0. The molecule has 0 aliphatic carbocycles. The number of hydrogen-bond acceptors (Lipinski definition) is 6. The van der Waals surface area contributed by atoms with Gasteiger partial charge in [0.2, 0.25) is 0 Å². The minimum atomic E-state index is -0.453. The SMILES string of the molecule is CC(C)(C)ONCc1cccc(-c2cc(Cl)nc(-c3cccc([N+](=O)[O-])c3)n2)c1. The molecule has 8 heteroatoms. The molecular weight excluding hydrogens is 392 g/mol. The molecular formula is C21H21ClN4O3. The largest absolute Gasteiger partial charge is 0.296 e. The van der Waals surface area contributed by atoms with Gasteiger partial charge in [0.1, 0.15) is 5.15 Å². The second kappa shape index (κ2) is 8.65. The third-order valence-corrected chi connectivity index (χ3v) is 4.08. The minimum Gasteiger partial charge on any atom is -0.296 e. The van der Waals surface area contributed by atoms with Gasteiger partial charge in [-0.15, -0.1) is 0 Å². The van der Waals surface area contributed by atoms with Crippen molar-refractivity contribution in [3.05, 3.63) is 75.4 Å². The monoisotopic (exact) mass is 412 g/mol. The van der Waals surface area contributed by atoms with Crippen LogP contribution in [0.15, 0.2) is 54.6 Å². The third-order valence-electron chi connectivity index (χ3n) is 3.89. The van der Waals surface area contributed by atoms with Crippen molar-refractivity contribution in [2.75, 3.05) is 0 Å². The summed E-state index contributed by atoms with van der Waals surface area (Å²) in [6.07, 6.45) is 0. The van der Waals surface area contributed by atoms with Crippen molar-refractivity contribution < 1.29 is 9.76 Å². The highest BCUT2D eigenvalue weighted by molar-refractivity contribution is 6.29. The fourth-order valence-corrected chi connectivity index (χ4v) is 2.81. The van der Waals surface area contributed by atoms with Gasteiger partial charge >= 0.3 is 0 Å². The highest BCUT2D eigenvalue weighted by atomic mass is 35.5. The number of benzene rings is 2. The molecule has 1 aromatic heterocycles. The predicted octanol–water partition coefficient (Wildman–Crippen LogP) is 5.19. The predicted molar refractivity (Wildman–Crippen MR) is 112 cm³/mol. The molecule has 0 atom stereocenters. The van der Waals surface area contributed by atoms with E-state index in [-0.39, 0.29) is 16.4 Å². The highest BCUT2D eigenvalue weighted by Gasteiger charge is 2.13. The van der Waals surface area contributed by atoms with E-state index in [1.54, 1.807) is 18.2 Å². The van der Waals surface area contributed by atoms with Crippen molar-refractivity contribution in [2.24, 2.45) is 0 Å². The van der Waals surface area contributed by atoms with E-state index in [4.69, 9.17) is 16.4 Å². The van der Waals surface area contributed by atoms with Crippen molar-refractivity contribution in [2.45, 2.75) is 32.9 Å². The summed E-state index contributed by atoms with van der Waals surface area (Å²) in [5.41, 5.74) is 5.67. The molecule has 1 heterocycles. The lowest BCUT2D eigenvalue weighted by Gasteiger charge is -2.19. The van der Waals surface area contributed by atoms with Crippen LogP contribution in [-0.4, -0.2) is 20.5 Å². The molecule has 0 aliphatic rings. The van der Waals surface area contributed by atoms with Gasteiger partial charge in [-0.25, -0.2) is 9.97 Å². The molecule has 0 fully saturated rings. The molecule has 0 radical (unpaired) electrons. The van der Waals surface area contributed by atoms with Crippen LogP contribution < -0.4 is 5.48 Å². The van der Waals surface area contributed by atoms with Crippen molar-refractivity contribution in [1.82, 2.24) is 15.4 Å². The fraction of sp³-hybridized carbons (Fsp3) is 0.238. The highest BCUT2D eigenvalue weighted by Crippen LogP contribution is 2.27. The summed E-state index contributed by atoms with van der Waals surface area (Å²) in [5, 5.41) is 11.3. The van der Waals surface area contributed by atoms with E-state index in [9.17, 15) is 10.1 Å². The van der Waals surface area contributed by atoms with E-state index >= 15 is 0 Å². The first-order chi connectivity index (χ1) is 13.7. The average Bonchev–Trinajstić information content (AvgIpc) is 2.67. The molecule has 3 aromatic rings. The molecule has 0 aliphatic heterocycles. The van der Waals surface area contributed by atoms with E-state index < -0.39 is 4.92 Å². The van der Waals surface area contributed by atoms with Gasteiger partial charge in [-0.05, 0) is 32.4 Å². The zero-order chi connectivity index (χ0) is 21.0. The molecule has 0 saturated carbocycles. The Kier molecular flexibility index (Phi) is 6.22. The Hall–Kier alpha value is -2.87. The average molecular weight is 413 g/mol. The number of hydrogen-bond donors (Lipinski definition) is 1. The van der Waals surface area contributed by atoms with E-state index in [0.29, 0.717) is 23.6 Å². The van der Waals surface area contributed by atoms with Crippen LogP contribution in [0.3, 0.4) is 0 Å². The van der Waals surface area contributed by atoms with Crippen molar-refractivity contribution in [1.29, 1.82) is 0 Å². The number of nitrogens with one attached hydrogen (secondary N) is 1. The van der Waals surface area contributed by atoms with Crippen LogP contribution in [0.4, 0.5) is 5.69 Å². The Morgan fingerprint density at radius 2 is 1.79 bits per heavy atom. The van der Waals surface area contributed by atoms with Gasteiger partial charge < -0.3 is 0 Å². The first-order valence-electron chi connectivity index (χ1n) is 9.01. The molecule has 0 spiro atoms. The number of nitrogens with zero attached hydrogens (tertiary/aromatic N) is 3. The van der Waals surface area contributed by atoms with Crippen LogP contribution in [0.2, 0.25) is 5.15 Å². The van der Waals surface area contributed by atoms with E-state index in [1.165, 1.54) is 12.1 Å². The van der Waals surface area contributed by atoms with Gasteiger partial charge in [-0.3, -0.25) is 15.0 Å². The van der Waals surface area contributed by atoms with Gasteiger partial charge in [0, 0.05) is 35.9 Å². The molecule has 0 bridgehead atoms. The molecule has 3 rings (SSSR count). The second-order valence-corrected chi connectivity index (χ2v) is 7.83. The number of halogens is 1. The lowest BCUT2D eigenvalue weighted by atomic mass is 10.1. The molecule has 7 nitrogen and oxygen atoms in total. The van der Waals surface area contributed by atoms with Gasteiger partial charge in [0.05, 0.1) is 16.2 Å². The van der Waals surface area contributed by atoms with E-state index in [1.807, 2.05) is 45.0 Å². The number of aromatic nitrogens is 2. The zero-order valence-corrected chi connectivity index (χ0v) is 17.1. The summed E-state index contributed by atoms with van der Waals surface area (Å²) in [7, 11) is 0. The van der Waals surface area contributed by atoms with Crippen LogP contribution >= 0.6 is 11.6 Å². The topological polar surface area (TPSA) is 90.2 Å². The van der Waals surface area contributed by atoms with Gasteiger partial charge in [-0.1, -0.05) is 41.9 Å². The van der Waals surface area contributed by atoms with Crippen LogP contribution in [0, 0.1) is 10.1 Å². The molecule has 1 N–H and O–H groups in total. The summed E-state index contributed by atoms with van der Waals surface area (Å²) >= 11 is 6.21. The van der Waals surface area contributed by atoms with E-state index in [2.05, 4.69) is 15.4 Å². The number of rotatable bonds is 6. The number of nitro groups is 1. The second-order valence-electron chi connectivity index (χ2n) is 7.44. The van der Waals surface area contributed by atoms with Gasteiger partial charge in [-0.2, -0.15) is 5.48 Å². The maximum absolute atomic E-state index is 11.0. The van der Waals surface area contributed by atoms with Crippen LogP contribution in [0.5, 0.6) is 0 Å². The smallest absolute Gasteiger partial charge is 0.270 e. The maximum Gasteiger partial charge on any atom is 0.270 e. The van der Waals surface area contributed by atoms with Crippen LogP contribution in [0.1, 0.15) is 26.3 Å². The lowest BCUT2D eigenvalue weighted by molar-refractivity contribution is -0.384. The van der Waals surface area contributed by atoms with Crippen LogP contribution in [0.25, 0.3) is 22.6 Å². The van der Waals surface area contributed by atoms with Gasteiger partial charge in [0.15, 0.2) is 5.82 Å². The molecule has 0 unspecified atom stereocenters. The summed E-state index contributed by atoms with van der Waals surface area (Å²) < 4.78 is 0. The third kappa shape index (κ3) is 5.80. The summed E-state index contributed by atoms with van der Waals surface area (Å²) in [4.78, 5) is 24.9. The summed E-state index contributed by atoms with van der Waals surface area (Å²) in [6, 6.07) is 15.6. The first kappa shape index (κ1) is 20.9. The number of nitro benzene ring substituents is 1. The van der Waals surface area contributed by atoms with Crippen LogP contribution in [-0.2, 0) is 11.4 Å². The minimum absolute atomic E-state index is 0.0282. The standard InChI is InChI=1S/C21H21ClN4O3/c1-21(2,3)29-23-13-14-6-4-7-15(10-14)18-12-19(22)25-20(24-18)16-8-5-9-17(11-16)26(27)28/h4-12,23H,13H2,1-3H3. The Bertz CT molecular complexity index is 1030. The zero-order valence-electron chi connectivity index (χ0n) is 16.3. The van der Waals surface area contributed by atoms with Crippen molar-refractivity contribution in [3.8, 4) is 22.6 Å². The Balaban J connectivity index is 1.89. The lowest BCUT2D eigenvalue weighted by Crippen LogP contribution is -2.28. The van der Waals surface area contributed by atoms with Crippen molar-refractivity contribution >= 4 is 17.3 Å². The first-order valence-corrected chi connectivity index (χ1v) is 9.39. The molecule has 29 heavy (non-hydrogen) atoms. The normalized spacial score (nSPS) is 11.4. The van der Waals surface area contributed by atoms with E-state index in [0.717, 1.165) is 11.1 Å². The number of non-ortho nitro benzene ring substituents is 1. The van der Waals surface area contributed by atoms with Gasteiger partial charge in [0.25, 0.3) is 5.69 Å². The molecule has 150 valence electrons. The Labute approximate surface area is 173 Å². The molecule has 2 aromatic carbocycles. The summed E-state index contributed by atoms with van der Waals surface area (Å²) in [6.45, 7) is 6.43. The Morgan fingerprint density at radius 1 is 1.07 bits per heavy atom. The quantitative estimate of drug-likeness (QED) is 0.340. The number of hydroxylamine groups is 1. The fourth-order valence-electron chi connectivity index (χ4n) is 2.63. The summed E-state index contributed by atoms with van der Waals surface area (Å²) in [5.74, 6) is 0.329. The molecule has 0 amide bonds. The Morgan fingerprint density at radius 3 is 2.52 bits per heavy atom. The molecule has 0 saturated heterocycles. The van der Waals surface area contributed by atoms with Crippen molar-refractivity contribution in [3.63, 3.8) is 0 Å².